The van der Waals surface area contributed by atoms with Crippen molar-refractivity contribution in [3.8, 4) is 0 Å². The van der Waals surface area contributed by atoms with Gasteiger partial charge in [-0.3, -0.25) is 0 Å². The van der Waals surface area contributed by atoms with Gasteiger partial charge in [0.1, 0.15) is 6.61 Å². The molecule has 2 atom stereocenters. The molecule has 1 saturated carbocycles. The van der Waals surface area contributed by atoms with Crippen LogP contribution in [0, 0.1) is 0 Å². The van der Waals surface area contributed by atoms with E-state index in [0.717, 1.165) is 25.2 Å². The molecule has 0 spiro atoms. The summed E-state index contributed by atoms with van der Waals surface area (Å²) in [5.41, 5.74) is 5.83. The van der Waals surface area contributed by atoms with E-state index < -0.39 is 0 Å². The fourth-order valence-electron chi connectivity index (χ4n) is 1.93. The Bertz CT molecular complexity index is 313. The molecule has 1 aliphatic carbocycles. The van der Waals surface area contributed by atoms with E-state index in [4.69, 9.17) is 15.0 Å². The Labute approximate surface area is 89.0 Å². The van der Waals surface area contributed by atoms with Gasteiger partial charge in [0.05, 0.1) is 0 Å². The number of ether oxygens (including phenoxy) is 1. The van der Waals surface area contributed by atoms with Crippen molar-refractivity contribution in [1.82, 2.24) is 10.1 Å². The maximum atomic E-state index is 5.83. The van der Waals surface area contributed by atoms with Crippen LogP contribution in [0.2, 0.25) is 0 Å². The molecular weight excluding hydrogens is 194 g/mol. The largest absolute Gasteiger partial charge is 0.374 e. The summed E-state index contributed by atoms with van der Waals surface area (Å²) < 4.78 is 10.4. The number of aromatic nitrogens is 2. The first-order valence-electron chi connectivity index (χ1n) is 5.45. The van der Waals surface area contributed by atoms with Crippen molar-refractivity contribution in [1.29, 1.82) is 0 Å². The Morgan fingerprint density at radius 3 is 3.07 bits per heavy atom. The molecule has 2 N–H and O–H groups in total. The van der Waals surface area contributed by atoms with E-state index in [1.54, 1.807) is 0 Å². The molecule has 1 aromatic heterocycles. The third-order valence-corrected chi connectivity index (χ3v) is 2.74. The Morgan fingerprint density at radius 2 is 2.40 bits per heavy atom. The Balaban J connectivity index is 1.94. The van der Waals surface area contributed by atoms with Gasteiger partial charge in [-0.15, -0.1) is 0 Å². The number of nitrogens with zero attached hydrogens (tertiary/aromatic N) is 2. The maximum Gasteiger partial charge on any atom is 0.229 e. The highest BCUT2D eigenvalue weighted by Gasteiger charge is 2.27. The number of hydrogen-bond donors (Lipinski definition) is 1. The van der Waals surface area contributed by atoms with E-state index in [2.05, 4.69) is 10.1 Å². The van der Waals surface area contributed by atoms with Crippen molar-refractivity contribution in [2.24, 2.45) is 5.73 Å². The minimum Gasteiger partial charge on any atom is -0.374 e. The lowest BCUT2D eigenvalue weighted by Gasteiger charge is -2.01. The van der Waals surface area contributed by atoms with Gasteiger partial charge in [-0.2, -0.15) is 4.98 Å². The minimum absolute atomic E-state index is 0.289. The van der Waals surface area contributed by atoms with Gasteiger partial charge in [0.15, 0.2) is 5.82 Å². The Kier molecular flexibility index (Phi) is 3.33. The second kappa shape index (κ2) is 4.72. The molecule has 15 heavy (non-hydrogen) atoms. The minimum atomic E-state index is 0.289. The molecule has 5 nitrogen and oxygen atoms in total. The first kappa shape index (κ1) is 10.6. The summed E-state index contributed by atoms with van der Waals surface area (Å²) in [6.07, 6.45) is 3.06. The van der Waals surface area contributed by atoms with Crippen molar-refractivity contribution in [2.75, 3.05) is 6.61 Å². The summed E-state index contributed by atoms with van der Waals surface area (Å²) >= 11 is 0. The second-order valence-electron chi connectivity index (χ2n) is 3.96. The molecule has 1 aliphatic rings. The van der Waals surface area contributed by atoms with E-state index in [1.807, 2.05) is 6.92 Å². The van der Waals surface area contributed by atoms with Crippen LogP contribution in [0.1, 0.15) is 43.8 Å². The van der Waals surface area contributed by atoms with Gasteiger partial charge in [0.2, 0.25) is 5.89 Å². The molecule has 2 rings (SSSR count). The predicted octanol–water partition coefficient (Wildman–Crippen LogP) is 1.20. The van der Waals surface area contributed by atoms with Crippen molar-refractivity contribution in [3.63, 3.8) is 0 Å². The van der Waals surface area contributed by atoms with Crippen molar-refractivity contribution in [3.05, 3.63) is 11.7 Å². The van der Waals surface area contributed by atoms with Crippen LogP contribution in [-0.4, -0.2) is 22.8 Å². The summed E-state index contributed by atoms with van der Waals surface area (Å²) in [5.74, 6) is 1.70. The van der Waals surface area contributed by atoms with Crippen LogP contribution in [-0.2, 0) is 11.3 Å². The van der Waals surface area contributed by atoms with Crippen LogP contribution in [0.25, 0.3) is 0 Å². The van der Waals surface area contributed by atoms with Gasteiger partial charge in [-0.25, -0.2) is 0 Å². The van der Waals surface area contributed by atoms with Gasteiger partial charge in [-0.05, 0) is 26.2 Å². The highest BCUT2D eigenvalue weighted by molar-refractivity contribution is 4.98. The number of rotatable bonds is 4. The smallest absolute Gasteiger partial charge is 0.229 e. The molecule has 84 valence electrons. The summed E-state index contributed by atoms with van der Waals surface area (Å²) in [5, 5.41) is 3.87. The highest BCUT2D eigenvalue weighted by Crippen LogP contribution is 2.32. The molecule has 0 aromatic carbocycles. The summed E-state index contributed by atoms with van der Waals surface area (Å²) in [6, 6.07) is 0.289. The van der Waals surface area contributed by atoms with Crippen molar-refractivity contribution < 1.29 is 9.26 Å². The fourth-order valence-corrected chi connectivity index (χ4v) is 1.93. The quantitative estimate of drug-likeness (QED) is 0.810. The Morgan fingerprint density at radius 1 is 1.53 bits per heavy atom. The van der Waals surface area contributed by atoms with Crippen molar-refractivity contribution >= 4 is 0 Å². The van der Waals surface area contributed by atoms with Crippen LogP contribution in [0.5, 0.6) is 0 Å². The topological polar surface area (TPSA) is 74.2 Å². The third-order valence-electron chi connectivity index (χ3n) is 2.74. The molecule has 1 heterocycles. The fraction of sp³-hybridized carbons (Fsp3) is 0.800. The molecule has 0 radical (unpaired) electrons. The van der Waals surface area contributed by atoms with E-state index in [0.29, 0.717) is 25.0 Å². The lowest BCUT2D eigenvalue weighted by molar-refractivity contribution is 0.126. The molecular formula is C10H17N3O2. The molecule has 0 aliphatic heterocycles. The summed E-state index contributed by atoms with van der Waals surface area (Å²) in [4.78, 5) is 4.31. The third kappa shape index (κ3) is 2.54. The first-order valence-corrected chi connectivity index (χ1v) is 5.45. The van der Waals surface area contributed by atoms with Crippen LogP contribution < -0.4 is 5.73 Å². The molecule has 0 amide bonds. The van der Waals surface area contributed by atoms with Gasteiger partial charge >= 0.3 is 0 Å². The molecule has 2 unspecified atom stereocenters. The predicted molar refractivity (Wildman–Crippen MR) is 54.2 cm³/mol. The van der Waals surface area contributed by atoms with E-state index >= 15 is 0 Å². The summed E-state index contributed by atoms with van der Waals surface area (Å²) in [6.45, 7) is 3.04. The zero-order valence-electron chi connectivity index (χ0n) is 8.98. The average Bonchev–Trinajstić information content (AvgIpc) is 2.83. The van der Waals surface area contributed by atoms with E-state index in [9.17, 15) is 0 Å². The molecule has 1 fully saturated rings. The van der Waals surface area contributed by atoms with Gasteiger partial charge < -0.3 is 15.0 Å². The van der Waals surface area contributed by atoms with Gasteiger partial charge in [0.25, 0.3) is 0 Å². The van der Waals surface area contributed by atoms with E-state index in [-0.39, 0.29) is 6.04 Å². The number of hydrogen-bond acceptors (Lipinski definition) is 5. The second-order valence-corrected chi connectivity index (χ2v) is 3.96. The van der Waals surface area contributed by atoms with Gasteiger partial charge in [0, 0.05) is 18.6 Å². The van der Waals surface area contributed by atoms with Crippen LogP contribution in [0.15, 0.2) is 4.52 Å². The SMILES string of the molecule is CCOCc1noc(C2CCC(N)C2)n1. The lowest BCUT2D eigenvalue weighted by atomic mass is 10.1. The average molecular weight is 211 g/mol. The first-order chi connectivity index (χ1) is 7.29. The zero-order chi connectivity index (χ0) is 10.7. The molecule has 5 heteroatoms. The highest BCUT2D eigenvalue weighted by atomic mass is 16.5. The van der Waals surface area contributed by atoms with Crippen LogP contribution in [0.4, 0.5) is 0 Å². The summed E-state index contributed by atoms with van der Waals surface area (Å²) in [7, 11) is 0. The Hall–Kier alpha value is -0.940. The maximum absolute atomic E-state index is 5.83. The monoisotopic (exact) mass is 211 g/mol. The number of nitrogens with two attached hydrogens (primary N) is 1. The zero-order valence-corrected chi connectivity index (χ0v) is 8.98. The van der Waals surface area contributed by atoms with E-state index in [1.165, 1.54) is 0 Å². The lowest BCUT2D eigenvalue weighted by Crippen LogP contribution is -2.14. The molecule has 1 aromatic rings. The van der Waals surface area contributed by atoms with Crippen molar-refractivity contribution in [2.45, 2.75) is 44.8 Å². The standard InChI is InChI=1S/C10H17N3O2/c1-2-14-6-9-12-10(15-13-9)7-3-4-8(11)5-7/h7-8H,2-6,11H2,1H3. The molecule has 0 bridgehead atoms. The van der Waals surface area contributed by atoms with Gasteiger partial charge in [-0.1, -0.05) is 5.16 Å². The van der Waals surface area contributed by atoms with Crippen LogP contribution >= 0.6 is 0 Å². The normalized spacial score (nSPS) is 26.0. The van der Waals surface area contributed by atoms with Crippen LogP contribution in [0.3, 0.4) is 0 Å². The molecule has 0 saturated heterocycles.